The van der Waals surface area contributed by atoms with Gasteiger partial charge < -0.3 is 15.4 Å². The molecule has 0 aliphatic heterocycles. The number of rotatable bonds is 5. The summed E-state index contributed by atoms with van der Waals surface area (Å²) in [6, 6.07) is 0. The van der Waals surface area contributed by atoms with Crippen LogP contribution >= 0.6 is 0 Å². The van der Waals surface area contributed by atoms with Gasteiger partial charge in [0.1, 0.15) is 0 Å². The standard InChI is InChI=1S/C6H11N5O2/c1-7-3-2-4-10-5-8-6(9-10)11(12)13/h5,7H,2-4H2,1H3. The van der Waals surface area contributed by atoms with Gasteiger partial charge in [-0.1, -0.05) is 4.98 Å². The third-order valence-electron chi connectivity index (χ3n) is 1.50. The van der Waals surface area contributed by atoms with Crippen molar-refractivity contribution in [1.29, 1.82) is 0 Å². The second-order valence-corrected chi connectivity index (χ2v) is 2.52. The van der Waals surface area contributed by atoms with Crippen LogP contribution in [0.1, 0.15) is 6.42 Å². The highest BCUT2D eigenvalue weighted by Gasteiger charge is 2.11. The Hall–Kier alpha value is -1.50. The molecule has 72 valence electrons. The van der Waals surface area contributed by atoms with Crippen molar-refractivity contribution >= 4 is 5.95 Å². The van der Waals surface area contributed by atoms with Crippen LogP contribution in [-0.4, -0.2) is 33.3 Å². The van der Waals surface area contributed by atoms with E-state index in [2.05, 4.69) is 15.4 Å². The van der Waals surface area contributed by atoms with Crippen LogP contribution in [0.4, 0.5) is 5.95 Å². The van der Waals surface area contributed by atoms with Crippen LogP contribution in [-0.2, 0) is 6.54 Å². The van der Waals surface area contributed by atoms with Crippen LogP contribution in [0.3, 0.4) is 0 Å². The van der Waals surface area contributed by atoms with Crippen molar-refractivity contribution < 1.29 is 4.92 Å². The monoisotopic (exact) mass is 185 g/mol. The van der Waals surface area contributed by atoms with Gasteiger partial charge in [-0.15, -0.1) is 0 Å². The molecule has 0 fully saturated rings. The Morgan fingerprint density at radius 2 is 2.54 bits per heavy atom. The Morgan fingerprint density at radius 1 is 1.77 bits per heavy atom. The van der Waals surface area contributed by atoms with Gasteiger partial charge >= 0.3 is 5.95 Å². The van der Waals surface area contributed by atoms with Gasteiger partial charge in [-0.05, 0) is 24.9 Å². The Kier molecular flexibility index (Phi) is 3.32. The van der Waals surface area contributed by atoms with E-state index in [0.29, 0.717) is 6.54 Å². The number of aryl methyl sites for hydroxylation is 1. The molecule has 7 nitrogen and oxygen atoms in total. The van der Waals surface area contributed by atoms with Gasteiger partial charge in [-0.3, -0.25) is 0 Å². The first kappa shape index (κ1) is 9.59. The zero-order valence-electron chi connectivity index (χ0n) is 7.30. The van der Waals surface area contributed by atoms with Crippen LogP contribution in [0.5, 0.6) is 0 Å². The van der Waals surface area contributed by atoms with E-state index in [1.54, 1.807) is 0 Å². The Balaban J connectivity index is 2.44. The van der Waals surface area contributed by atoms with Gasteiger partial charge in [0.2, 0.25) is 6.33 Å². The fourth-order valence-electron chi connectivity index (χ4n) is 0.894. The second-order valence-electron chi connectivity index (χ2n) is 2.52. The van der Waals surface area contributed by atoms with Gasteiger partial charge in [0.05, 0.1) is 6.54 Å². The number of aromatic nitrogens is 3. The molecular weight excluding hydrogens is 174 g/mol. The van der Waals surface area contributed by atoms with Crippen LogP contribution in [0.2, 0.25) is 0 Å². The third-order valence-corrected chi connectivity index (χ3v) is 1.50. The lowest BCUT2D eigenvalue weighted by atomic mass is 10.4. The van der Waals surface area contributed by atoms with E-state index in [1.807, 2.05) is 7.05 Å². The van der Waals surface area contributed by atoms with E-state index in [1.165, 1.54) is 11.0 Å². The average molecular weight is 185 g/mol. The van der Waals surface area contributed by atoms with E-state index in [0.717, 1.165) is 13.0 Å². The largest absolute Gasteiger partial charge is 0.490 e. The predicted octanol–water partition coefficient (Wildman–Crippen LogP) is -0.204. The van der Waals surface area contributed by atoms with Crippen molar-refractivity contribution in [2.45, 2.75) is 13.0 Å². The van der Waals surface area contributed by atoms with Gasteiger partial charge in [-0.2, -0.15) is 4.68 Å². The fourth-order valence-corrected chi connectivity index (χ4v) is 0.894. The fraction of sp³-hybridized carbons (Fsp3) is 0.667. The van der Waals surface area contributed by atoms with E-state index >= 15 is 0 Å². The van der Waals surface area contributed by atoms with Crippen molar-refractivity contribution in [2.24, 2.45) is 0 Å². The zero-order valence-corrected chi connectivity index (χ0v) is 7.30. The smallest absolute Gasteiger partial charge is 0.390 e. The number of nitrogens with one attached hydrogen (secondary N) is 1. The summed E-state index contributed by atoms with van der Waals surface area (Å²) in [5, 5.41) is 16.8. The number of hydrogen-bond donors (Lipinski definition) is 1. The molecule has 0 spiro atoms. The number of hydrogen-bond acceptors (Lipinski definition) is 5. The molecule has 0 bridgehead atoms. The van der Waals surface area contributed by atoms with Crippen molar-refractivity contribution in [3.63, 3.8) is 0 Å². The summed E-state index contributed by atoms with van der Waals surface area (Å²) in [6.45, 7) is 1.50. The number of nitro groups is 1. The van der Waals surface area contributed by atoms with Crippen LogP contribution < -0.4 is 5.32 Å². The molecule has 13 heavy (non-hydrogen) atoms. The molecule has 0 aromatic carbocycles. The average Bonchev–Trinajstić information content (AvgIpc) is 2.53. The molecule has 1 N–H and O–H groups in total. The zero-order chi connectivity index (χ0) is 9.68. The molecule has 0 aliphatic carbocycles. The van der Waals surface area contributed by atoms with Crippen LogP contribution in [0.25, 0.3) is 0 Å². The maximum absolute atomic E-state index is 10.2. The molecule has 0 atom stereocenters. The SMILES string of the molecule is CNCCCn1cnc([N+](=O)[O-])n1. The molecule has 1 aromatic rings. The maximum atomic E-state index is 10.2. The molecule has 0 saturated carbocycles. The number of nitrogens with zero attached hydrogens (tertiary/aromatic N) is 4. The second kappa shape index (κ2) is 4.51. The molecule has 1 heterocycles. The summed E-state index contributed by atoms with van der Waals surface area (Å²) >= 11 is 0. The maximum Gasteiger partial charge on any atom is 0.490 e. The first-order valence-electron chi connectivity index (χ1n) is 3.92. The highest BCUT2D eigenvalue weighted by atomic mass is 16.6. The van der Waals surface area contributed by atoms with E-state index < -0.39 is 4.92 Å². The highest BCUT2D eigenvalue weighted by Crippen LogP contribution is 1.99. The quantitative estimate of drug-likeness (QED) is 0.390. The summed E-state index contributed by atoms with van der Waals surface area (Å²) in [5.74, 6) is -0.343. The summed E-state index contributed by atoms with van der Waals surface area (Å²) in [6.07, 6.45) is 2.24. The first-order valence-corrected chi connectivity index (χ1v) is 3.92. The summed E-state index contributed by atoms with van der Waals surface area (Å²) in [7, 11) is 1.85. The van der Waals surface area contributed by atoms with Gasteiger partial charge in [0, 0.05) is 5.10 Å². The minimum Gasteiger partial charge on any atom is -0.390 e. The molecule has 7 heteroatoms. The molecule has 0 saturated heterocycles. The summed E-state index contributed by atoms with van der Waals surface area (Å²) < 4.78 is 1.47. The lowest BCUT2D eigenvalue weighted by Crippen LogP contribution is -2.11. The van der Waals surface area contributed by atoms with Crippen molar-refractivity contribution in [1.82, 2.24) is 20.1 Å². The summed E-state index contributed by atoms with van der Waals surface area (Å²) in [5.41, 5.74) is 0. The van der Waals surface area contributed by atoms with Gasteiger partial charge in [0.25, 0.3) is 0 Å². The molecule has 1 rings (SSSR count). The normalized spacial score (nSPS) is 10.2. The molecule has 0 radical (unpaired) electrons. The molecule has 1 aromatic heterocycles. The van der Waals surface area contributed by atoms with Crippen molar-refractivity contribution in [2.75, 3.05) is 13.6 Å². The highest BCUT2D eigenvalue weighted by molar-refractivity contribution is 4.96. The lowest BCUT2D eigenvalue weighted by molar-refractivity contribution is -0.394. The van der Waals surface area contributed by atoms with Crippen LogP contribution in [0, 0.1) is 10.1 Å². The molecule has 0 amide bonds. The van der Waals surface area contributed by atoms with Crippen molar-refractivity contribution in [3.05, 3.63) is 16.4 Å². The lowest BCUT2D eigenvalue weighted by Gasteiger charge is -1.95. The molecule has 0 aliphatic rings. The Bertz CT molecular complexity index is 284. The third kappa shape index (κ3) is 2.79. The minimum absolute atomic E-state index is 0.343. The predicted molar refractivity (Wildman–Crippen MR) is 45.2 cm³/mol. The van der Waals surface area contributed by atoms with Crippen LogP contribution in [0.15, 0.2) is 6.33 Å². The van der Waals surface area contributed by atoms with Gasteiger partial charge in [0.15, 0.2) is 0 Å². The summed E-state index contributed by atoms with van der Waals surface area (Å²) in [4.78, 5) is 13.1. The van der Waals surface area contributed by atoms with Crippen molar-refractivity contribution in [3.8, 4) is 0 Å². The molecular formula is C6H11N5O2. The molecule has 0 unspecified atom stereocenters. The topological polar surface area (TPSA) is 85.9 Å². The van der Waals surface area contributed by atoms with E-state index in [-0.39, 0.29) is 5.95 Å². The minimum atomic E-state index is -0.603. The Morgan fingerprint density at radius 3 is 3.08 bits per heavy atom. The Labute approximate surface area is 74.9 Å². The van der Waals surface area contributed by atoms with E-state index in [4.69, 9.17) is 0 Å². The first-order chi connectivity index (χ1) is 6.24. The van der Waals surface area contributed by atoms with E-state index in [9.17, 15) is 10.1 Å². The van der Waals surface area contributed by atoms with Gasteiger partial charge in [-0.25, -0.2) is 0 Å².